The number of hydrogen-bond donors (Lipinski definition) is 1. The predicted octanol–water partition coefficient (Wildman–Crippen LogP) is 3.27. The van der Waals surface area contributed by atoms with Crippen LogP contribution in [0.25, 0.3) is 0 Å². The smallest absolute Gasteiger partial charge is 0.120 e. The molecule has 0 saturated heterocycles. The van der Waals surface area contributed by atoms with Gasteiger partial charge >= 0.3 is 0 Å². The minimum atomic E-state index is -0.520. The first-order chi connectivity index (χ1) is 9.20. The highest BCUT2D eigenvalue weighted by atomic mass is 32.1. The van der Waals surface area contributed by atoms with Crippen molar-refractivity contribution in [3.05, 3.63) is 45.9 Å². The maximum atomic E-state index is 10.3. The Bertz CT molecular complexity index is 563. The van der Waals surface area contributed by atoms with Gasteiger partial charge in [0.2, 0.25) is 0 Å². The van der Waals surface area contributed by atoms with Crippen LogP contribution in [0.2, 0.25) is 0 Å². The van der Waals surface area contributed by atoms with E-state index in [0.29, 0.717) is 12.5 Å². The van der Waals surface area contributed by atoms with E-state index in [2.05, 4.69) is 4.98 Å². The summed E-state index contributed by atoms with van der Waals surface area (Å²) >= 11 is 1.60. The SMILES string of the molecule is Cc1csc(CC(O)c2cccc(OC3CC3)c2)n1. The summed E-state index contributed by atoms with van der Waals surface area (Å²) in [4.78, 5) is 4.38. The molecule has 0 aliphatic heterocycles. The van der Waals surface area contributed by atoms with E-state index in [1.807, 2.05) is 36.6 Å². The first-order valence-electron chi connectivity index (χ1n) is 6.56. The van der Waals surface area contributed by atoms with Crippen molar-refractivity contribution in [1.82, 2.24) is 4.98 Å². The number of nitrogens with zero attached hydrogens (tertiary/aromatic N) is 1. The lowest BCUT2D eigenvalue weighted by Gasteiger charge is -2.11. The second-order valence-electron chi connectivity index (χ2n) is 4.99. The fourth-order valence-electron chi connectivity index (χ4n) is 1.95. The van der Waals surface area contributed by atoms with Gasteiger partial charge in [-0.15, -0.1) is 11.3 Å². The van der Waals surface area contributed by atoms with Crippen molar-refractivity contribution in [2.24, 2.45) is 0 Å². The molecule has 1 N–H and O–H groups in total. The standard InChI is InChI=1S/C15H17NO2S/c1-10-9-19-15(16-10)8-14(17)11-3-2-4-13(7-11)18-12-5-6-12/h2-4,7,9,12,14,17H,5-6,8H2,1H3. The van der Waals surface area contributed by atoms with Crippen LogP contribution in [0.1, 0.15) is 35.2 Å². The van der Waals surface area contributed by atoms with Crippen molar-refractivity contribution in [2.45, 2.75) is 38.4 Å². The molecule has 3 rings (SSSR count). The number of rotatable bonds is 5. The van der Waals surface area contributed by atoms with E-state index in [0.717, 1.165) is 34.9 Å². The quantitative estimate of drug-likeness (QED) is 0.910. The molecule has 1 aliphatic carbocycles. The highest BCUT2D eigenvalue weighted by Crippen LogP contribution is 2.29. The number of thiazole rings is 1. The third-order valence-electron chi connectivity index (χ3n) is 3.10. The summed E-state index contributed by atoms with van der Waals surface area (Å²) in [5.41, 5.74) is 1.91. The molecule has 1 heterocycles. The molecule has 0 amide bonds. The van der Waals surface area contributed by atoms with Crippen molar-refractivity contribution in [3.8, 4) is 5.75 Å². The van der Waals surface area contributed by atoms with Gasteiger partial charge < -0.3 is 9.84 Å². The van der Waals surface area contributed by atoms with Gasteiger partial charge in [-0.25, -0.2) is 4.98 Å². The molecular formula is C15H17NO2S. The second kappa shape index (κ2) is 5.31. The first kappa shape index (κ1) is 12.6. The van der Waals surface area contributed by atoms with Crippen LogP contribution in [-0.4, -0.2) is 16.2 Å². The normalized spacial score (nSPS) is 16.3. The summed E-state index contributed by atoms with van der Waals surface area (Å²) in [6.07, 6.45) is 2.71. The minimum Gasteiger partial charge on any atom is -0.490 e. The Labute approximate surface area is 116 Å². The van der Waals surface area contributed by atoms with E-state index in [1.54, 1.807) is 11.3 Å². The van der Waals surface area contributed by atoms with Crippen LogP contribution in [0.15, 0.2) is 29.6 Å². The molecule has 0 radical (unpaired) electrons. The van der Waals surface area contributed by atoms with Gasteiger partial charge in [0.25, 0.3) is 0 Å². The average molecular weight is 275 g/mol. The number of ether oxygens (including phenoxy) is 1. The second-order valence-corrected chi connectivity index (χ2v) is 5.93. The van der Waals surface area contributed by atoms with Crippen LogP contribution in [-0.2, 0) is 6.42 Å². The van der Waals surface area contributed by atoms with Gasteiger partial charge in [0.1, 0.15) is 5.75 Å². The van der Waals surface area contributed by atoms with Crippen molar-refractivity contribution in [1.29, 1.82) is 0 Å². The molecule has 1 aromatic carbocycles. The van der Waals surface area contributed by atoms with E-state index in [-0.39, 0.29) is 0 Å². The zero-order valence-electron chi connectivity index (χ0n) is 10.9. The lowest BCUT2D eigenvalue weighted by atomic mass is 10.1. The highest BCUT2D eigenvalue weighted by Gasteiger charge is 2.23. The topological polar surface area (TPSA) is 42.4 Å². The summed E-state index contributed by atoms with van der Waals surface area (Å²) in [5, 5.41) is 13.2. The molecule has 1 unspecified atom stereocenters. The predicted molar refractivity (Wildman–Crippen MR) is 75.6 cm³/mol. The molecule has 4 heteroatoms. The van der Waals surface area contributed by atoms with Crippen LogP contribution < -0.4 is 4.74 Å². The third-order valence-corrected chi connectivity index (χ3v) is 4.09. The fourth-order valence-corrected chi connectivity index (χ4v) is 2.76. The summed E-state index contributed by atoms with van der Waals surface area (Å²) in [5.74, 6) is 0.856. The number of benzene rings is 1. The highest BCUT2D eigenvalue weighted by molar-refractivity contribution is 7.09. The number of aliphatic hydroxyl groups is 1. The van der Waals surface area contributed by atoms with Crippen LogP contribution in [0.5, 0.6) is 5.75 Å². The Morgan fingerprint density at radius 2 is 2.32 bits per heavy atom. The van der Waals surface area contributed by atoms with Gasteiger partial charge in [-0.2, -0.15) is 0 Å². The number of aryl methyl sites for hydroxylation is 1. The van der Waals surface area contributed by atoms with E-state index in [1.165, 1.54) is 0 Å². The van der Waals surface area contributed by atoms with Crippen LogP contribution >= 0.6 is 11.3 Å². The molecule has 0 bridgehead atoms. The van der Waals surface area contributed by atoms with E-state index >= 15 is 0 Å². The summed E-state index contributed by atoms with van der Waals surface area (Å²) in [6, 6.07) is 7.75. The van der Waals surface area contributed by atoms with Gasteiger partial charge in [0.05, 0.1) is 17.2 Å². The van der Waals surface area contributed by atoms with Gasteiger partial charge in [-0.3, -0.25) is 0 Å². The molecular weight excluding hydrogens is 258 g/mol. The zero-order valence-corrected chi connectivity index (χ0v) is 11.7. The Kier molecular flexibility index (Phi) is 3.53. The van der Waals surface area contributed by atoms with Gasteiger partial charge in [0.15, 0.2) is 0 Å². The maximum Gasteiger partial charge on any atom is 0.120 e. The van der Waals surface area contributed by atoms with E-state index in [9.17, 15) is 5.11 Å². The summed E-state index contributed by atoms with van der Waals surface area (Å²) in [6.45, 7) is 1.97. The van der Waals surface area contributed by atoms with Gasteiger partial charge in [-0.05, 0) is 37.5 Å². The Balaban J connectivity index is 1.69. The summed E-state index contributed by atoms with van der Waals surface area (Å²) in [7, 11) is 0. The lowest BCUT2D eigenvalue weighted by Crippen LogP contribution is -2.03. The molecule has 2 aromatic rings. The lowest BCUT2D eigenvalue weighted by molar-refractivity contribution is 0.177. The molecule has 1 aliphatic rings. The van der Waals surface area contributed by atoms with E-state index in [4.69, 9.17) is 4.74 Å². The van der Waals surface area contributed by atoms with Gasteiger partial charge in [-0.1, -0.05) is 12.1 Å². The molecule has 1 saturated carbocycles. The van der Waals surface area contributed by atoms with Crippen molar-refractivity contribution >= 4 is 11.3 Å². The first-order valence-corrected chi connectivity index (χ1v) is 7.44. The number of hydrogen-bond acceptors (Lipinski definition) is 4. The Morgan fingerprint density at radius 1 is 1.47 bits per heavy atom. The van der Waals surface area contributed by atoms with Crippen LogP contribution in [0, 0.1) is 6.92 Å². The average Bonchev–Trinajstić information content (AvgIpc) is 3.11. The Morgan fingerprint density at radius 3 is 3.00 bits per heavy atom. The van der Waals surface area contributed by atoms with Crippen molar-refractivity contribution in [2.75, 3.05) is 0 Å². The van der Waals surface area contributed by atoms with Crippen molar-refractivity contribution in [3.63, 3.8) is 0 Å². The molecule has 1 fully saturated rings. The third kappa shape index (κ3) is 3.33. The fraction of sp³-hybridized carbons (Fsp3) is 0.400. The Hall–Kier alpha value is -1.39. The number of aromatic nitrogens is 1. The molecule has 1 atom stereocenters. The number of aliphatic hydroxyl groups excluding tert-OH is 1. The monoisotopic (exact) mass is 275 g/mol. The van der Waals surface area contributed by atoms with Crippen LogP contribution in [0.3, 0.4) is 0 Å². The van der Waals surface area contributed by atoms with Gasteiger partial charge in [0, 0.05) is 17.5 Å². The molecule has 0 spiro atoms. The van der Waals surface area contributed by atoms with Crippen molar-refractivity contribution < 1.29 is 9.84 Å². The largest absolute Gasteiger partial charge is 0.490 e. The molecule has 19 heavy (non-hydrogen) atoms. The molecule has 3 nitrogen and oxygen atoms in total. The molecule has 1 aromatic heterocycles. The van der Waals surface area contributed by atoms with E-state index < -0.39 is 6.10 Å². The zero-order chi connectivity index (χ0) is 13.2. The summed E-state index contributed by atoms with van der Waals surface area (Å²) < 4.78 is 5.75. The minimum absolute atomic E-state index is 0.383. The maximum absolute atomic E-state index is 10.3. The van der Waals surface area contributed by atoms with Crippen LogP contribution in [0.4, 0.5) is 0 Å². The molecule has 100 valence electrons.